The fourth-order valence-corrected chi connectivity index (χ4v) is 8.29. The van der Waals surface area contributed by atoms with E-state index in [4.69, 9.17) is 14.2 Å². The molecule has 0 aliphatic rings. The molecule has 0 fully saturated rings. The number of rotatable bonds is 57. The van der Waals surface area contributed by atoms with Crippen LogP contribution < -0.4 is 0 Å². The lowest BCUT2D eigenvalue weighted by atomic mass is 10.1. The zero-order chi connectivity index (χ0) is 59.9. The van der Waals surface area contributed by atoms with Crippen molar-refractivity contribution in [2.24, 2.45) is 0 Å². The van der Waals surface area contributed by atoms with E-state index in [9.17, 15) is 14.4 Å². The minimum absolute atomic E-state index is 0.123. The molecule has 0 spiro atoms. The summed E-state index contributed by atoms with van der Waals surface area (Å²) in [6.07, 6.45) is 104. The lowest BCUT2D eigenvalue weighted by Gasteiger charge is -2.18. The predicted octanol–water partition coefficient (Wildman–Crippen LogP) is 23.0. The van der Waals surface area contributed by atoms with Crippen LogP contribution in [0.2, 0.25) is 0 Å². The second kappa shape index (κ2) is 68.7. The largest absolute Gasteiger partial charge is 0.462 e. The third-order valence-electron chi connectivity index (χ3n) is 13.1. The topological polar surface area (TPSA) is 78.9 Å². The normalized spacial score (nSPS) is 13.4. The van der Waals surface area contributed by atoms with Crippen LogP contribution in [0.15, 0.2) is 194 Å². The van der Waals surface area contributed by atoms with Gasteiger partial charge in [-0.25, -0.2) is 0 Å². The highest BCUT2D eigenvalue weighted by molar-refractivity contribution is 5.71. The van der Waals surface area contributed by atoms with Gasteiger partial charge in [-0.3, -0.25) is 14.4 Å². The zero-order valence-corrected chi connectivity index (χ0v) is 52.9. The molecule has 6 nitrogen and oxygen atoms in total. The molecular weight excluding hydrogens is 1020 g/mol. The summed E-state index contributed by atoms with van der Waals surface area (Å²) in [5.41, 5.74) is 0. The first-order valence-corrected chi connectivity index (χ1v) is 32.9. The number of allylic oxidation sites excluding steroid dienone is 32. The van der Waals surface area contributed by atoms with Gasteiger partial charge < -0.3 is 14.2 Å². The molecule has 0 radical (unpaired) electrons. The first-order valence-electron chi connectivity index (χ1n) is 32.9. The van der Waals surface area contributed by atoms with Gasteiger partial charge in [0.1, 0.15) is 13.2 Å². The van der Waals surface area contributed by atoms with Gasteiger partial charge in [-0.1, -0.05) is 279 Å². The Morgan fingerprint density at radius 1 is 0.241 bits per heavy atom. The second-order valence-electron chi connectivity index (χ2n) is 20.9. The van der Waals surface area contributed by atoms with Crippen molar-refractivity contribution in [1.82, 2.24) is 0 Å². The molecule has 1 atom stereocenters. The lowest BCUT2D eigenvalue weighted by molar-refractivity contribution is -0.166. The first-order chi connectivity index (χ1) is 41.0. The molecule has 0 bridgehead atoms. The second-order valence-corrected chi connectivity index (χ2v) is 20.9. The van der Waals surface area contributed by atoms with E-state index in [-0.39, 0.29) is 44.0 Å². The summed E-state index contributed by atoms with van der Waals surface area (Å²) in [5.74, 6) is -1.04. The molecule has 0 heterocycles. The Morgan fingerprint density at radius 2 is 0.458 bits per heavy atom. The molecule has 0 aromatic rings. The minimum Gasteiger partial charge on any atom is -0.462 e. The Bertz CT molecular complexity index is 1990. The van der Waals surface area contributed by atoms with Gasteiger partial charge in [0.2, 0.25) is 0 Å². The van der Waals surface area contributed by atoms with Crippen LogP contribution in [0, 0.1) is 0 Å². The van der Waals surface area contributed by atoms with Crippen LogP contribution in [0.3, 0.4) is 0 Å². The van der Waals surface area contributed by atoms with E-state index in [0.717, 1.165) is 167 Å². The van der Waals surface area contributed by atoms with E-state index in [0.29, 0.717) is 12.8 Å². The van der Waals surface area contributed by atoms with Gasteiger partial charge >= 0.3 is 17.9 Å². The molecule has 0 N–H and O–H groups in total. The standard InChI is InChI=1S/C77H118O6/c1-4-7-10-13-16-19-22-25-28-31-34-36-38-40-43-46-49-52-55-58-61-64-67-70-76(79)82-73-74(72-81-75(78)69-66-63-60-57-54-51-48-45-42-33-30-27-24-21-18-15-12-9-6-3)83-77(80)71-68-65-62-59-56-53-50-47-44-41-39-37-35-32-29-26-23-20-17-14-11-8-5-2/h7-12,16-21,25-30,34-37,40-45,51,54,60,63,74H,4-6,13-15,22-24,31-33,38-39,46-50,52-53,55-59,61-62,64-73H2,1-3H3/b10-7-,11-8-,12-9-,19-16-,20-17-,21-18-,28-25-,29-26-,30-27-,36-34-,37-35-,43-40-,44-41-,45-42-,54-51-,63-60-. The summed E-state index contributed by atoms with van der Waals surface area (Å²) in [5, 5.41) is 0. The van der Waals surface area contributed by atoms with E-state index < -0.39 is 6.10 Å². The van der Waals surface area contributed by atoms with Gasteiger partial charge in [-0.05, 0) is 148 Å². The SMILES string of the molecule is CC/C=C\C/C=C\C/C=C\C/C=C\C/C=C\C/C=C\CCC(=O)OCC(COC(=O)CCCCCCCCC/C=C\C/C=C\C/C=C\C/C=C\C/C=C\CC)OC(=O)CCCCCCCCC/C=C\C/C=C\C/C=C\C/C=C\C/C=C\CC. The Balaban J connectivity index is 4.57. The van der Waals surface area contributed by atoms with Gasteiger partial charge in [-0.2, -0.15) is 0 Å². The van der Waals surface area contributed by atoms with Crippen LogP contribution in [0.1, 0.15) is 252 Å². The summed E-state index contributed by atoms with van der Waals surface area (Å²) in [6.45, 7) is 6.21. The number of unbranched alkanes of at least 4 members (excludes halogenated alkanes) is 14. The summed E-state index contributed by atoms with van der Waals surface area (Å²) in [7, 11) is 0. The van der Waals surface area contributed by atoms with Gasteiger partial charge in [0, 0.05) is 19.3 Å². The monoisotopic (exact) mass is 1140 g/mol. The maximum Gasteiger partial charge on any atom is 0.306 e. The highest BCUT2D eigenvalue weighted by Crippen LogP contribution is 2.14. The molecule has 0 amide bonds. The molecular formula is C77H118O6. The smallest absolute Gasteiger partial charge is 0.306 e. The molecule has 1 unspecified atom stereocenters. The molecule has 0 aromatic carbocycles. The van der Waals surface area contributed by atoms with Crippen molar-refractivity contribution < 1.29 is 28.6 Å². The van der Waals surface area contributed by atoms with E-state index in [2.05, 4.69) is 209 Å². The minimum atomic E-state index is -0.834. The molecule has 462 valence electrons. The van der Waals surface area contributed by atoms with Crippen LogP contribution in [-0.2, 0) is 28.6 Å². The van der Waals surface area contributed by atoms with Gasteiger partial charge in [0.25, 0.3) is 0 Å². The third kappa shape index (κ3) is 66.9. The van der Waals surface area contributed by atoms with E-state index in [1.165, 1.54) is 38.5 Å². The van der Waals surface area contributed by atoms with Crippen molar-refractivity contribution in [2.45, 2.75) is 258 Å². The zero-order valence-electron chi connectivity index (χ0n) is 52.9. The van der Waals surface area contributed by atoms with Crippen LogP contribution in [0.5, 0.6) is 0 Å². The fraction of sp³-hybridized carbons (Fsp3) is 0.545. The molecule has 0 aromatic heterocycles. The number of carbonyl (C=O) groups excluding carboxylic acids is 3. The Morgan fingerprint density at radius 3 is 0.747 bits per heavy atom. The molecule has 0 rings (SSSR count). The van der Waals surface area contributed by atoms with Gasteiger partial charge in [0.15, 0.2) is 6.10 Å². The summed E-state index contributed by atoms with van der Waals surface area (Å²) >= 11 is 0. The van der Waals surface area contributed by atoms with Crippen LogP contribution in [0.4, 0.5) is 0 Å². The number of hydrogen-bond acceptors (Lipinski definition) is 6. The maximum absolute atomic E-state index is 12.9. The predicted molar refractivity (Wildman–Crippen MR) is 361 cm³/mol. The van der Waals surface area contributed by atoms with Crippen molar-refractivity contribution in [1.29, 1.82) is 0 Å². The number of ether oxygens (including phenoxy) is 3. The average Bonchev–Trinajstić information content (AvgIpc) is 3.49. The lowest BCUT2D eigenvalue weighted by Crippen LogP contribution is -2.30. The van der Waals surface area contributed by atoms with Crippen LogP contribution in [-0.4, -0.2) is 37.2 Å². The number of hydrogen-bond donors (Lipinski definition) is 0. The molecule has 6 heteroatoms. The Hall–Kier alpha value is -5.75. The summed E-state index contributed by atoms with van der Waals surface area (Å²) in [6, 6.07) is 0. The first kappa shape index (κ1) is 77.2. The molecule has 0 saturated heterocycles. The van der Waals surface area contributed by atoms with Gasteiger partial charge in [0.05, 0.1) is 0 Å². The van der Waals surface area contributed by atoms with E-state index >= 15 is 0 Å². The maximum atomic E-state index is 12.9. The molecule has 83 heavy (non-hydrogen) atoms. The van der Waals surface area contributed by atoms with E-state index in [1.807, 2.05) is 6.08 Å². The Kier molecular flexibility index (Phi) is 64.0. The van der Waals surface area contributed by atoms with Crippen LogP contribution >= 0.6 is 0 Å². The highest BCUT2D eigenvalue weighted by atomic mass is 16.6. The molecule has 0 saturated carbocycles. The average molecular weight is 1140 g/mol. The Labute approximate surface area is 509 Å². The highest BCUT2D eigenvalue weighted by Gasteiger charge is 2.19. The van der Waals surface area contributed by atoms with Crippen molar-refractivity contribution in [3.05, 3.63) is 194 Å². The summed E-state index contributed by atoms with van der Waals surface area (Å²) in [4.78, 5) is 38.4. The number of esters is 3. The third-order valence-corrected chi connectivity index (χ3v) is 13.1. The quantitative estimate of drug-likeness (QED) is 0.0261. The fourth-order valence-electron chi connectivity index (χ4n) is 8.29. The molecule has 0 aliphatic carbocycles. The van der Waals surface area contributed by atoms with Crippen molar-refractivity contribution in [3.63, 3.8) is 0 Å². The van der Waals surface area contributed by atoms with Crippen molar-refractivity contribution >= 4 is 17.9 Å². The van der Waals surface area contributed by atoms with Crippen LogP contribution in [0.25, 0.3) is 0 Å². The van der Waals surface area contributed by atoms with Gasteiger partial charge in [-0.15, -0.1) is 0 Å². The summed E-state index contributed by atoms with van der Waals surface area (Å²) < 4.78 is 16.9. The molecule has 0 aliphatic heterocycles. The van der Waals surface area contributed by atoms with Crippen molar-refractivity contribution in [2.75, 3.05) is 13.2 Å². The van der Waals surface area contributed by atoms with E-state index in [1.54, 1.807) is 0 Å². The van der Waals surface area contributed by atoms with Crippen molar-refractivity contribution in [3.8, 4) is 0 Å². The number of carbonyl (C=O) groups is 3.